The minimum atomic E-state index is 0.000675. The summed E-state index contributed by atoms with van der Waals surface area (Å²) in [6.45, 7) is 0. The first-order valence-electron chi connectivity index (χ1n) is 6.40. The Balaban J connectivity index is 2.03. The minimum absolute atomic E-state index is 0.000675. The van der Waals surface area contributed by atoms with Crippen LogP contribution in [0, 0.1) is 0 Å². The lowest BCUT2D eigenvalue weighted by molar-refractivity contribution is -0.115. The van der Waals surface area contributed by atoms with E-state index in [1.165, 1.54) is 23.3 Å². The second-order valence-electron chi connectivity index (χ2n) is 4.99. The van der Waals surface area contributed by atoms with Crippen molar-refractivity contribution in [1.82, 2.24) is 0 Å². The Morgan fingerprint density at radius 2 is 1.47 bits per heavy atom. The third-order valence-electron chi connectivity index (χ3n) is 3.71. The first-order chi connectivity index (χ1) is 9.13. The van der Waals surface area contributed by atoms with Crippen LogP contribution in [-0.4, -0.2) is 11.6 Å². The summed E-state index contributed by atoms with van der Waals surface area (Å²) < 4.78 is 1.09. The molecular weight excluding hydrogens is 304 g/mol. The number of hydrogen-bond donors (Lipinski definition) is 0. The van der Waals surface area contributed by atoms with Crippen LogP contribution < -0.4 is 0 Å². The Morgan fingerprint density at radius 1 is 0.842 bits per heavy atom. The molecule has 0 aromatic heterocycles. The molecule has 0 amide bonds. The molecule has 6 rings (SSSR count). The van der Waals surface area contributed by atoms with Gasteiger partial charge in [0.15, 0.2) is 11.6 Å². The summed E-state index contributed by atoms with van der Waals surface area (Å²) in [7, 11) is 0. The van der Waals surface area contributed by atoms with Gasteiger partial charge in [-0.15, -0.1) is 0 Å². The van der Waals surface area contributed by atoms with Crippen molar-refractivity contribution in [2.75, 3.05) is 0 Å². The Hall–Kier alpha value is -1.48. The summed E-state index contributed by atoms with van der Waals surface area (Å²) in [5, 5.41) is 0. The topological polar surface area (TPSA) is 34.1 Å². The minimum Gasteiger partial charge on any atom is -0.290 e. The lowest BCUT2D eigenvalue weighted by atomic mass is 9.89. The number of allylic oxidation sites excluding steroid dienone is 4. The maximum Gasteiger partial charge on any atom is 0.182 e. The Labute approximate surface area is 120 Å². The van der Waals surface area contributed by atoms with Crippen LogP contribution in [0.3, 0.4) is 0 Å². The molecule has 0 unspecified atom stereocenters. The van der Waals surface area contributed by atoms with Gasteiger partial charge in [0.1, 0.15) is 0 Å². The zero-order valence-corrected chi connectivity index (χ0v) is 12.0. The molecule has 0 radical (unpaired) electrons. The smallest absolute Gasteiger partial charge is 0.182 e. The standard InChI is InChI=1S/C16H13BrO2/c17-14-7-10-1-3-11(14)5-6-13-9-15(18)12(4-2-10)8-16(13)19/h1,3,7-9H,2,4-6H2. The quantitative estimate of drug-likeness (QED) is 0.688. The van der Waals surface area contributed by atoms with Gasteiger partial charge in [-0.25, -0.2) is 0 Å². The maximum absolute atomic E-state index is 12.0. The van der Waals surface area contributed by atoms with Crippen LogP contribution in [0.1, 0.15) is 24.0 Å². The van der Waals surface area contributed by atoms with Crippen LogP contribution in [0.15, 0.2) is 46.0 Å². The molecule has 19 heavy (non-hydrogen) atoms. The fourth-order valence-corrected chi connectivity index (χ4v) is 3.16. The largest absolute Gasteiger partial charge is 0.290 e. The van der Waals surface area contributed by atoms with Crippen molar-refractivity contribution in [2.24, 2.45) is 0 Å². The number of carbonyl (C=O) groups excluding carboxylic acids is 2. The van der Waals surface area contributed by atoms with Crippen LogP contribution in [0.4, 0.5) is 0 Å². The number of hydrogen-bond acceptors (Lipinski definition) is 2. The van der Waals surface area contributed by atoms with E-state index in [2.05, 4.69) is 34.1 Å². The van der Waals surface area contributed by atoms with Crippen LogP contribution >= 0.6 is 15.9 Å². The molecule has 0 atom stereocenters. The molecule has 5 aliphatic carbocycles. The summed E-state index contributed by atoms with van der Waals surface area (Å²) in [5.41, 5.74) is 3.63. The van der Waals surface area contributed by atoms with Crippen molar-refractivity contribution < 1.29 is 9.59 Å². The number of aryl methyl sites for hydroxylation is 2. The first kappa shape index (κ1) is 12.5. The molecule has 1 aromatic rings. The Kier molecular flexibility index (Phi) is 3.23. The van der Waals surface area contributed by atoms with Crippen LogP contribution in [0.5, 0.6) is 0 Å². The van der Waals surface area contributed by atoms with Gasteiger partial charge in [0, 0.05) is 15.6 Å². The van der Waals surface area contributed by atoms with Gasteiger partial charge in [0.05, 0.1) is 0 Å². The van der Waals surface area contributed by atoms with Crippen LogP contribution in [0.25, 0.3) is 0 Å². The van der Waals surface area contributed by atoms with Crippen molar-refractivity contribution in [2.45, 2.75) is 25.7 Å². The molecular formula is C16H13BrO2. The average Bonchev–Trinajstić information content (AvgIpc) is 2.37. The molecule has 4 bridgehead atoms. The number of ketones is 2. The van der Waals surface area contributed by atoms with Gasteiger partial charge in [-0.1, -0.05) is 28.1 Å². The predicted molar refractivity (Wildman–Crippen MR) is 77.0 cm³/mol. The van der Waals surface area contributed by atoms with E-state index in [1.54, 1.807) is 0 Å². The molecule has 0 aliphatic heterocycles. The first-order valence-corrected chi connectivity index (χ1v) is 7.20. The van der Waals surface area contributed by atoms with Crippen molar-refractivity contribution in [3.63, 3.8) is 0 Å². The second-order valence-corrected chi connectivity index (χ2v) is 5.85. The van der Waals surface area contributed by atoms with Crippen molar-refractivity contribution in [3.8, 4) is 0 Å². The third-order valence-corrected chi connectivity index (χ3v) is 4.45. The summed E-state index contributed by atoms with van der Waals surface area (Å²) >= 11 is 3.58. The molecule has 0 fully saturated rings. The van der Waals surface area contributed by atoms with E-state index in [0.29, 0.717) is 24.0 Å². The highest BCUT2D eigenvalue weighted by Crippen LogP contribution is 2.26. The molecule has 3 heteroatoms. The third kappa shape index (κ3) is 2.47. The SMILES string of the molecule is O=C1C=C2CCc3ccc(cc3Br)CCC1=CC2=O. The molecule has 2 nitrogen and oxygen atoms in total. The summed E-state index contributed by atoms with van der Waals surface area (Å²) in [4.78, 5) is 23.9. The molecule has 1 aromatic carbocycles. The Bertz CT molecular complexity index is 638. The molecule has 5 aliphatic rings. The summed E-state index contributed by atoms with van der Waals surface area (Å²) in [6.07, 6.45) is 5.86. The van der Waals surface area contributed by atoms with Gasteiger partial charge in [-0.2, -0.15) is 0 Å². The lowest BCUT2D eigenvalue weighted by Crippen LogP contribution is -2.15. The average molecular weight is 317 g/mol. The van der Waals surface area contributed by atoms with Gasteiger partial charge in [-0.05, 0) is 55.0 Å². The van der Waals surface area contributed by atoms with Gasteiger partial charge >= 0.3 is 0 Å². The number of benzene rings is 1. The number of halogens is 1. The van der Waals surface area contributed by atoms with E-state index in [1.807, 2.05) is 0 Å². The van der Waals surface area contributed by atoms with E-state index in [0.717, 1.165) is 17.3 Å². The van der Waals surface area contributed by atoms with Crippen LogP contribution in [-0.2, 0) is 22.4 Å². The summed E-state index contributed by atoms with van der Waals surface area (Å²) in [5.74, 6) is 0.00407. The van der Waals surface area contributed by atoms with E-state index in [9.17, 15) is 9.59 Å². The highest BCUT2D eigenvalue weighted by atomic mass is 79.9. The fraction of sp³-hybridized carbons (Fsp3) is 0.250. The van der Waals surface area contributed by atoms with E-state index in [4.69, 9.17) is 0 Å². The second kappa shape index (κ2) is 4.89. The zero-order valence-electron chi connectivity index (χ0n) is 10.4. The number of carbonyl (C=O) groups is 2. The van der Waals surface area contributed by atoms with Crippen molar-refractivity contribution in [1.29, 1.82) is 0 Å². The monoisotopic (exact) mass is 316 g/mol. The van der Waals surface area contributed by atoms with Crippen molar-refractivity contribution >= 4 is 27.5 Å². The van der Waals surface area contributed by atoms with E-state index in [-0.39, 0.29) is 11.6 Å². The molecule has 0 saturated carbocycles. The molecule has 0 heterocycles. The normalized spacial score (nSPS) is 18.8. The number of rotatable bonds is 0. The summed E-state index contributed by atoms with van der Waals surface area (Å²) in [6, 6.07) is 6.33. The highest BCUT2D eigenvalue weighted by Gasteiger charge is 2.20. The van der Waals surface area contributed by atoms with Gasteiger partial charge in [0.25, 0.3) is 0 Å². The van der Waals surface area contributed by atoms with E-state index < -0.39 is 0 Å². The van der Waals surface area contributed by atoms with Gasteiger partial charge < -0.3 is 0 Å². The van der Waals surface area contributed by atoms with Crippen LogP contribution in [0.2, 0.25) is 0 Å². The molecule has 0 spiro atoms. The Morgan fingerprint density at radius 3 is 2.11 bits per heavy atom. The molecule has 0 saturated heterocycles. The van der Waals surface area contributed by atoms with Gasteiger partial charge in [-0.3, -0.25) is 9.59 Å². The predicted octanol–water partition coefficient (Wildman–Crippen LogP) is 3.33. The maximum atomic E-state index is 12.0. The lowest BCUT2D eigenvalue weighted by Gasteiger charge is -2.15. The zero-order chi connectivity index (χ0) is 13.4. The van der Waals surface area contributed by atoms with Crippen molar-refractivity contribution in [3.05, 3.63) is 57.1 Å². The fourth-order valence-electron chi connectivity index (χ4n) is 2.53. The molecule has 96 valence electrons. The highest BCUT2D eigenvalue weighted by molar-refractivity contribution is 9.10. The molecule has 0 N–H and O–H groups in total. The van der Waals surface area contributed by atoms with Gasteiger partial charge in [0.2, 0.25) is 0 Å². The van der Waals surface area contributed by atoms with E-state index >= 15 is 0 Å².